The average molecular weight is 474 g/mol. The molecule has 0 atom stereocenters. The van der Waals surface area contributed by atoms with Gasteiger partial charge in [-0.15, -0.1) is 11.3 Å². The summed E-state index contributed by atoms with van der Waals surface area (Å²) in [4.78, 5) is 49.6. The predicted molar refractivity (Wildman–Crippen MR) is 125 cm³/mol. The Bertz CT molecular complexity index is 1090. The normalized spacial score (nSPS) is 12.9. The van der Waals surface area contributed by atoms with Gasteiger partial charge in [-0.1, -0.05) is 6.07 Å². The van der Waals surface area contributed by atoms with Crippen molar-refractivity contribution in [2.75, 3.05) is 17.2 Å². The maximum absolute atomic E-state index is 12.4. The van der Waals surface area contributed by atoms with Crippen LogP contribution in [0.5, 0.6) is 0 Å². The second-order valence-electron chi connectivity index (χ2n) is 8.61. The lowest BCUT2D eigenvalue weighted by Gasteiger charge is -2.19. The summed E-state index contributed by atoms with van der Waals surface area (Å²) in [5.41, 5.74) is 6.61. The van der Waals surface area contributed by atoms with Crippen LogP contribution in [0, 0.1) is 0 Å². The molecule has 0 bridgehead atoms. The van der Waals surface area contributed by atoms with E-state index in [0.717, 1.165) is 36.1 Å². The van der Waals surface area contributed by atoms with E-state index in [1.165, 1.54) is 23.5 Å². The van der Waals surface area contributed by atoms with Crippen molar-refractivity contribution in [3.8, 4) is 0 Å². The first-order chi connectivity index (χ1) is 15.5. The van der Waals surface area contributed by atoms with Gasteiger partial charge in [0.15, 0.2) is 6.61 Å². The van der Waals surface area contributed by atoms with E-state index in [0.29, 0.717) is 16.3 Å². The Kier molecular flexibility index (Phi) is 7.37. The number of amides is 3. The van der Waals surface area contributed by atoms with Crippen molar-refractivity contribution in [2.45, 2.75) is 52.1 Å². The van der Waals surface area contributed by atoms with Gasteiger partial charge >= 0.3 is 12.1 Å². The Morgan fingerprint density at radius 1 is 1.09 bits per heavy atom. The minimum Gasteiger partial charge on any atom is -0.452 e. The molecule has 0 saturated carbocycles. The highest BCUT2D eigenvalue weighted by atomic mass is 32.1. The first-order valence-corrected chi connectivity index (χ1v) is 11.4. The van der Waals surface area contributed by atoms with Gasteiger partial charge in [-0.3, -0.25) is 14.9 Å². The standard InChI is InChI=1S/C23H27N3O6S/c1-23(2,3)32-22(30)25-14-8-6-7-13(11-14)21(29)31-12-17(27)26-20-18(19(24)28)15-9-4-5-10-16(15)33-20/h6-8,11H,4-5,9-10,12H2,1-3H3,(H2,24,28)(H,25,30)(H,26,27). The molecule has 1 heterocycles. The van der Waals surface area contributed by atoms with Gasteiger partial charge in [0.05, 0.1) is 11.1 Å². The van der Waals surface area contributed by atoms with E-state index >= 15 is 0 Å². The first kappa shape index (κ1) is 24.2. The van der Waals surface area contributed by atoms with E-state index in [-0.39, 0.29) is 5.56 Å². The fourth-order valence-corrected chi connectivity index (χ4v) is 4.75. The van der Waals surface area contributed by atoms with Crippen molar-refractivity contribution in [2.24, 2.45) is 5.73 Å². The van der Waals surface area contributed by atoms with Crippen molar-refractivity contribution < 1.29 is 28.7 Å². The van der Waals surface area contributed by atoms with Crippen LogP contribution in [0.25, 0.3) is 0 Å². The maximum atomic E-state index is 12.4. The number of anilines is 2. The Hall–Kier alpha value is -3.40. The zero-order valence-corrected chi connectivity index (χ0v) is 19.6. The van der Waals surface area contributed by atoms with Crippen molar-refractivity contribution in [3.63, 3.8) is 0 Å². The molecule has 1 aromatic carbocycles. The quantitative estimate of drug-likeness (QED) is 0.545. The highest BCUT2D eigenvalue weighted by Gasteiger charge is 2.25. The topological polar surface area (TPSA) is 137 Å². The molecule has 0 fully saturated rings. The first-order valence-electron chi connectivity index (χ1n) is 10.5. The Balaban J connectivity index is 1.59. The SMILES string of the molecule is CC(C)(C)OC(=O)Nc1cccc(C(=O)OCC(=O)Nc2sc3c(c2C(N)=O)CCCC3)c1. The Morgan fingerprint density at radius 3 is 2.52 bits per heavy atom. The van der Waals surface area contributed by atoms with Crippen LogP contribution in [-0.2, 0) is 27.1 Å². The number of nitrogens with one attached hydrogen (secondary N) is 2. The van der Waals surface area contributed by atoms with Crippen LogP contribution in [0.2, 0.25) is 0 Å². The maximum Gasteiger partial charge on any atom is 0.412 e. The Morgan fingerprint density at radius 2 is 1.82 bits per heavy atom. The van der Waals surface area contributed by atoms with Crippen LogP contribution < -0.4 is 16.4 Å². The summed E-state index contributed by atoms with van der Waals surface area (Å²) in [5.74, 6) is -1.90. The van der Waals surface area contributed by atoms with Crippen LogP contribution in [0.3, 0.4) is 0 Å². The molecular weight excluding hydrogens is 446 g/mol. The van der Waals surface area contributed by atoms with Crippen molar-refractivity contribution in [1.29, 1.82) is 0 Å². The van der Waals surface area contributed by atoms with Gasteiger partial charge in [0, 0.05) is 10.6 Å². The van der Waals surface area contributed by atoms with E-state index in [1.807, 2.05) is 0 Å². The molecule has 3 amide bonds. The lowest BCUT2D eigenvalue weighted by atomic mass is 9.95. The fraction of sp³-hybridized carbons (Fsp3) is 0.391. The summed E-state index contributed by atoms with van der Waals surface area (Å²) in [6.07, 6.45) is 2.94. The van der Waals surface area contributed by atoms with Gasteiger partial charge in [0.2, 0.25) is 0 Å². The highest BCUT2D eigenvalue weighted by Crippen LogP contribution is 2.37. The summed E-state index contributed by atoms with van der Waals surface area (Å²) >= 11 is 1.34. The lowest BCUT2D eigenvalue weighted by Crippen LogP contribution is -2.27. The lowest BCUT2D eigenvalue weighted by molar-refractivity contribution is -0.119. The van der Waals surface area contributed by atoms with E-state index in [2.05, 4.69) is 10.6 Å². The minimum absolute atomic E-state index is 0.153. The third-order valence-corrected chi connectivity index (χ3v) is 5.96. The van der Waals surface area contributed by atoms with E-state index < -0.39 is 36.1 Å². The third-order valence-electron chi connectivity index (χ3n) is 4.75. The number of nitrogens with two attached hydrogens (primary N) is 1. The summed E-state index contributed by atoms with van der Waals surface area (Å²) < 4.78 is 10.3. The van der Waals surface area contributed by atoms with Gasteiger partial charge in [0.1, 0.15) is 10.6 Å². The number of benzene rings is 1. The van der Waals surface area contributed by atoms with Gasteiger partial charge in [-0.2, -0.15) is 0 Å². The van der Waals surface area contributed by atoms with Crippen LogP contribution in [0.1, 0.15) is 64.8 Å². The number of primary amides is 1. The fourth-order valence-electron chi connectivity index (χ4n) is 3.44. The summed E-state index contributed by atoms with van der Waals surface area (Å²) in [6, 6.07) is 6.08. The van der Waals surface area contributed by atoms with Crippen LogP contribution in [0.4, 0.5) is 15.5 Å². The molecule has 1 aliphatic carbocycles. The molecule has 0 spiro atoms. The molecule has 10 heteroatoms. The second-order valence-corrected chi connectivity index (χ2v) is 9.72. The molecule has 0 saturated heterocycles. The number of rotatable bonds is 6. The molecule has 1 aliphatic rings. The van der Waals surface area contributed by atoms with E-state index in [1.54, 1.807) is 32.9 Å². The molecule has 9 nitrogen and oxygen atoms in total. The molecule has 0 aliphatic heterocycles. The summed E-state index contributed by atoms with van der Waals surface area (Å²) in [7, 11) is 0. The molecule has 176 valence electrons. The molecule has 0 unspecified atom stereocenters. The number of ether oxygens (including phenoxy) is 2. The number of thiophene rings is 1. The number of carbonyl (C=O) groups is 4. The Labute approximate surface area is 195 Å². The molecule has 3 rings (SSSR count). The smallest absolute Gasteiger partial charge is 0.412 e. The van der Waals surface area contributed by atoms with Gasteiger partial charge in [-0.25, -0.2) is 9.59 Å². The zero-order chi connectivity index (χ0) is 24.2. The van der Waals surface area contributed by atoms with Crippen molar-refractivity contribution >= 4 is 45.9 Å². The van der Waals surface area contributed by atoms with Crippen LogP contribution in [0.15, 0.2) is 24.3 Å². The number of esters is 1. The van der Waals surface area contributed by atoms with Gasteiger partial charge in [0.25, 0.3) is 11.8 Å². The minimum atomic E-state index is -0.737. The largest absolute Gasteiger partial charge is 0.452 e. The number of fused-ring (bicyclic) bond motifs is 1. The third kappa shape index (κ3) is 6.55. The molecule has 33 heavy (non-hydrogen) atoms. The number of carbonyl (C=O) groups excluding carboxylic acids is 4. The second kappa shape index (κ2) is 10.0. The highest BCUT2D eigenvalue weighted by molar-refractivity contribution is 7.17. The summed E-state index contributed by atoms with van der Waals surface area (Å²) in [5, 5.41) is 5.57. The van der Waals surface area contributed by atoms with E-state index in [9.17, 15) is 19.2 Å². The molecule has 0 radical (unpaired) electrons. The van der Waals surface area contributed by atoms with Crippen LogP contribution in [-0.4, -0.2) is 36.1 Å². The van der Waals surface area contributed by atoms with Crippen molar-refractivity contribution in [1.82, 2.24) is 0 Å². The predicted octanol–water partition coefficient (Wildman–Crippen LogP) is 3.87. The van der Waals surface area contributed by atoms with Gasteiger partial charge in [-0.05, 0) is 70.2 Å². The van der Waals surface area contributed by atoms with Crippen LogP contribution >= 0.6 is 11.3 Å². The van der Waals surface area contributed by atoms with Crippen molar-refractivity contribution in [3.05, 3.63) is 45.8 Å². The summed E-state index contributed by atoms with van der Waals surface area (Å²) in [6.45, 7) is 4.68. The number of aryl methyl sites for hydroxylation is 1. The molecular formula is C23H27N3O6S. The zero-order valence-electron chi connectivity index (χ0n) is 18.8. The number of hydrogen-bond acceptors (Lipinski definition) is 7. The molecule has 2 aromatic rings. The van der Waals surface area contributed by atoms with Gasteiger partial charge < -0.3 is 20.5 Å². The molecule has 4 N–H and O–H groups in total. The number of hydrogen-bond donors (Lipinski definition) is 3. The average Bonchev–Trinajstić information content (AvgIpc) is 3.08. The van der Waals surface area contributed by atoms with E-state index in [4.69, 9.17) is 15.2 Å². The molecule has 1 aromatic heterocycles. The monoisotopic (exact) mass is 473 g/mol.